The Morgan fingerprint density at radius 1 is 1.39 bits per heavy atom. The molecule has 1 unspecified atom stereocenters. The van der Waals surface area contributed by atoms with Crippen LogP contribution in [0.4, 0.5) is 5.69 Å². The summed E-state index contributed by atoms with van der Waals surface area (Å²) >= 11 is 0. The highest BCUT2D eigenvalue weighted by Crippen LogP contribution is 2.23. The van der Waals surface area contributed by atoms with E-state index in [0.717, 1.165) is 24.2 Å². The number of fused-ring (bicyclic) bond motifs is 1. The van der Waals surface area contributed by atoms with Crippen molar-refractivity contribution in [2.45, 2.75) is 39.7 Å². The molecule has 1 aliphatic heterocycles. The highest BCUT2D eigenvalue weighted by atomic mass is 16.5. The van der Waals surface area contributed by atoms with Crippen LogP contribution in [0.1, 0.15) is 49.8 Å². The van der Waals surface area contributed by atoms with Crippen molar-refractivity contribution in [2.75, 3.05) is 12.0 Å². The second-order valence-electron chi connectivity index (χ2n) is 6.62. The normalized spacial score (nSPS) is 17.5. The molecule has 0 saturated carbocycles. The predicted molar refractivity (Wildman–Crippen MR) is 109 cm³/mol. The Balaban J connectivity index is 1.98. The molecule has 146 valence electrons. The maximum Gasteiger partial charge on any atom is 0.330 e. The van der Waals surface area contributed by atoms with E-state index in [-0.39, 0.29) is 18.2 Å². The molecule has 1 aliphatic rings. The highest BCUT2D eigenvalue weighted by molar-refractivity contribution is 5.99. The number of nitrogens with zero attached hydrogens (tertiary/aromatic N) is 3. The van der Waals surface area contributed by atoms with Gasteiger partial charge in [0.25, 0.3) is 5.56 Å². The molecule has 7 heteroatoms. The van der Waals surface area contributed by atoms with Crippen molar-refractivity contribution in [2.24, 2.45) is 5.10 Å². The van der Waals surface area contributed by atoms with Gasteiger partial charge in [-0.15, -0.1) is 0 Å². The Kier molecular flexibility index (Phi) is 6.03. The van der Waals surface area contributed by atoms with Crippen LogP contribution in [0.2, 0.25) is 0 Å². The van der Waals surface area contributed by atoms with Gasteiger partial charge in [-0.1, -0.05) is 18.2 Å². The molecule has 0 bridgehead atoms. The number of para-hydroxylation sites is 1. The van der Waals surface area contributed by atoms with Crippen molar-refractivity contribution < 1.29 is 9.53 Å². The molecule has 2 heterocycles. The fourth-order valence-electron chi connectivity index (χ4n) is 3.14. The second-order valence-corrected chi connectivity index (χ2v) is 6.62. The molecule has 0 spiro atoms. The van der Waals surface area contributed by atoms with E-state index in [1.807, 2.05) is 37.3 Å². The van der Waals surface area contributed by atoms with E-state index in [0.29, 0.717) is 17.1 Å². The van der Waals surface area contributed by atoms with Gasteiger partial charge in [0.1, 0.15) is 5.71 Å². The molecule has 0 saturated heterocycles. The maximum absolute atomic E-state index is 13.1. The average Bonchev–Trinajstić information content (AvgIpc) is 2.68. The largest absolute Gasteiger partial charge is 0.463 e. The van der Waals surface area contributed by atoms with Gasteiger partial charge in [-0.3, -0.25) is 14.8 Å². The lowest BCUT2D eigenvalue weighted by molar-refractivity contribution is -0.137. The summed E-state index contributed by atoms with van der Waals surface area (Å²) in [5, 5.41) is 4.49. The number of hydrogen-bond acceptors (Lipinski definition) is 6. The molecule has 1 atom stereocenters. The Labute approximate surface area is 163 Å². The quantitative estimate of drug-likeness (QED) is 0.489. The molecule has 1 aromatic carbocycles. The van der Waals surface area contributed by atoms with Crippen LogP contribution in [-0.4, -0.2) is 27.8 Å². The van der Waals surface area contributed by atoms with E-state index < -0.39 is 5.97 Å². The van der Waals surface area contributed by atoms with Gasteiger partial charge in [0.15, 0.2) is 5.82 Å². The zero-order valence-electron chi connectivity index (χ0n) is 16.3. The standard InChI is InChI=1S/C21H24N4O3/c1-4-28-19(26)13-11-17-15(3)22-20-18(12-10-14(2)25(20)21(17)27)24-23-16-8-6-5-7-9-16/h5-9,11,13-14,23H,4,10,12H2,1-3H3/b13-11+,24-18+. The van der Waals surface area contributed by atoms with Crippen LogP contribution in [0, 0.1) is 6.92 Å². The molecule has 2 aromatic rings. The Bertz CT molecular complexity index is 977. The SMILES string of the molecule is CCOC(=O)/C=C/c1c(C)nc2n(c1=O)C(C)CC/C2=N\Nc1ccccc1. The van der Waals surface area contributed by atoms with E-state index in [1.54, 1.807) is 18.4 Å². The van der Waals surface area contributed by atoms with Crippen molar-refractivity contribution in [3.05, 3.63) is 63.8 Å². The summed E-state index contributed by atoms with van der Waals surface area (Å²) < 4.78 is 6.55. The van der Waals surface area contributed by atoms with Crippen LogP contribution in [0.3, 0.4) is 0 Å². The molecular weight excluding hydrogens is 356 g/mol. The summed E-state index contributed by atoms with van der Waals surface area (Å²) in [6.07, 6.45) is 4.26. The van der Waals surface area contributed by atoms with Gasteiger partial charge < -0.3 is 4.74 Å². The number of benzene rings is 1. The van der Waals surface area contributed by atoms with Gasteiger partial charge in [0, 0.05) is 12.1 Å². The molecule has 3 rings (SSSR count). The van der Waals surface area contributed by atoms with Crippen molar-refractivity contribution >= 4 is 23.4 Å². The third kappa shape index (κ3) is 4.19. The van der Waals surface area contributed by atoms with Crippen molar-refractivity contribution in [1.29, 1.82) is 0 Å². The number of esters is 1. The minimum absolute atomic E-state index is 0.000943. The number of carbonyl (C=O) groups excluding carboxylic acids is 1. The molecule has 7 nitrogen and oxygen atoms in total. The molecule has 0 amide bonds. The molecule has 0 fully saturated rings. The average molecular weight is 380 g/mol. The van der Waals surface area contributed by atoms with E-state index in [1.165, 1.54) is 12.2 Å². The maximum atomic E-state index is 13.1. The number of hydrogen-bond donors (Lipinski definition) is 1. The summed E-state index contributed by atoms with van der Waals surface area (Å²) in [5.41, 5.74) is 5.41. The van der Waals surface area contributed by atoms with Crippen LogP contribution in [0.5, 0.6) is 0 Å². The van der Waals surface area contributed by atoms with E-state index >= 15 is 0 Å². The third-order valence-corrected chi connectivity index (χ3v) is 4.61. The van der Waals surface area contributed by atoms with Crippen molar-refractivity contribution in [1.82, 2.24) is 9.55 Å². The van der Waals surface area contributed by atoms with Crippen LogP contribution in [-0.2, 0) is 9.53 Å². The lowest BCUT2D eigenvalue weighted by Crippen LogP contribution is -2.36. The highest BCUT2D eigenvalue weighted by Gasteiger charge is 2.25. The number of ether oxygens (including phenoxy) is 1. The second kappa shape index (κ2) is 8.65. The molecule has 0 radical (unpaired) electrons. The molecule has 1 N–H and O–H groups in total. The molecule has 28 heavy (non-hydrogen) atoms. The molecule has 0 aliphatic carbocycles. The first-order valence-corrected chi connectivity index (χ1v) is 9.37. The summed E-state index contributed by atoms with van der Waals surface area (Å²) in [5.74, 6) is 0.0874. The van der Waals surface area contributed by atoms with E-state index in [9.17, 15) is 9.59 Å². The topological polar surface area (TPSA) is 85.6 Å². The van der Waals surface area contributed by atoms with Gasteiger partial charge in [-0.2, -0.15) is 5.10 Å². The monoisotopic (exact) mass is 380 g/mol. The first kappa shape index (κ1) is 19.5. The van der Waals surface area contributed by atoms with E-state index in [2.05, 4.69) is 15.5 Å². The number of hydrazone groups is 1. The number of rotatable bonds is 5. The van der Waals surface area contributed by atoms with Gasteiger partial charge >= 0.3 is 5.97 Å². The minimum Gasteiger partial charge on any atom is -0.463 e. The summed E-state index contributed by atoms with van der Waals surface area (Å²) in [6, 6.07) is 9.63. The molecule has 1 aromatic heterocycles. The Morgan fingerprint density at radius 3 is 2.86 bits per heavy atom. The van der Waals surface area contributed by atoms with E-state index in [4.69, 9.17) is 4.74 Å². The zero-order chi connectivity index (χ0) is 20.1. The first-order valence-electron chi connectivity index (χ1n) is 9.37. The van der Waals surface area contributed by atoms with Crippen molar-refractivity contribution in [3.63, 3.8) is 0 Å². The summed E-state index contributed by atoms with van der Waals surface area (Å²) in [7, 11) is 0. The first-order chi connectivity index (χ1) is 13.5. The van der Waals surface area contributed by atoms with Crippen molar-refractivity contribution in [3.8, 4) is 0 Å². The van der Waals surface area contributed by atoms with Crippen LogP contribution >= 0.6 is 0 Å². The number of aromatic nitrogens is 2. The fraction of sp³-hybridized carbons (Fsp3) is 0.333. The third-order valence-electron chi connectivity index (χ3n) is 4.61. The number of aryl methyl sites for hydroxylation is 1. The number of carbonyl (C=O) groups is 1. The predicted octanol–water partition coefficient (Wildman–Crippen LogP) is 3.30. The Hall–Kier alpha value is -3.22. The number of anilines is 1. The summed E-state index contributed by atoms with van der Waals surface area (Å²) in [6.45, 7) is 5.77. The Morgan fingerprint density at radius 2 is 2.14 bits per heavy atom. The smallest absolute Gasteiger partial charge is 0.330 e. The fourth-order valence-corrected chi connectivity index (χ4v) is 3.14. The van der Waals surface area contributed by atoms with Crippen LogP contribution < -0.4 is 11.0 Å². The lowest BCUT2D eigenvalue weighted by Gasteiger charge is -2.26. The lowest BCUT2D eigenvalue weighted by atomic mass is 10.0. The minimum atomic E-state index is -0.480. The van der Waals surface area contributed by atoms with Gasteiger partial charge in [0.05, 0.1) is 23.6 Å². The number of nitrogens with one attached hydrogen (secondary N) is 1. The van der Waals surface area contributed by atoms with Gasteiger partial charge in [0.2, 0.25) is 0 Å². The summed E-state index contributed by atoms with van der Waals surface area (Å²) in [4.78, 5) is 29.3. The van der Waals surface area contributed by atoms with Gasteiger partial charge in [-0.25, -0.2) is 9.78 Å². The van der Waals surface area contributed by atoms with Crippen LogP contribution in [0.15, 0.2) is 46.3 Å². The molecular formula is C21H24N4O3. The van der Waals surface area contributed by atoms with Gasteiger partial charge in [-0.05, 0) is 51.8 Å². The zero-order valence-corrected chi connectivity index (χ0v) is 16.3. The van der Waals surface area contributed by atoms with Crippen LogP contribution in [0.25, 0.3) is 6.08 Å².